The van der Waals surface area contributed by atoms with E-state index < -0.39 is 42.7 Å². The van der Waals surface area contributed by atoms with Gasteiger partial charge in [-0.1, -0.05) is 0 Å². The minimum atomic E-state index is -4.60. The molecule has 98 valence electrons. The molecule has 1 unspecified atom stereocenters. The quantitative estimate of drug-likeness (QED) is 0.663. The number of ether oxygens (including phenoxy) is 1. The first-order valence-corrected chi connectivity index (χ1v) is 5.08. The van der Waals surface area contributed by atoms with Crippen LogP contribution in [0.2, 0.25) is 0 Å². The molecule has 0 bridgehead atoms. The van der Waals surface area contributed by atoms with Gasteiger partial charge in [0, 0.05) is 6.54 Å². The molecule has 0 spiro atoms. The lowest BCUT2D eigenvalue weighted by atomic mass is 10.1. The summed E-state index contributed by atoms with van der Waals surface area (Å²) in [4.78, 5) is 23.4. The maximum Gasteiger partial charge on any atom is 0.410 e. The van der Waals surface area contributed by atoms with E-state index in [-0.39, 0.29) is 0 Å². The second-order valence-electron chi connectivity index (χ2n) is 4.92. The maximum absolute atomic E-state index is 12.4. The van der Waals surface area contributed by atoms with Gasteiger partial charge in [-0.2, -0.15) is 13.2 Å². The van der Waals surface area contributed by atoms with E-state index in [1.165, 1.54) is 0 Å². The molecule has 1 aliphatic heterocycles. The number of Topliss-reactive ketones (excluding diaryl/α,β-unsaturated/α-hetero) is 1. The van der Waals surface area contributed by atoms with Crippen LogP contribution in [-0.2, 0) is 9.53 Å². The average molecular weight is 253 g/mol. The third kappa shape index (κ3) is 3.61. The SMILES string of the molecule is CC(C)(C)OC(=O)N1CC(=O)C(C(F)(F)F)C1. The van der Waals surface area contributed by atoms with E-state index in [2.05, 4.69) is 0 Å². The molecule has 0 radical (unpaired) electrons. The molecular formula is C10H14F3NO3. The molecule has 1 heterocycles. The Hall–Kier alpha value is -1.27. The molecule has 0 aliphatic carbocycles. The van der Waals surface area contributed by atoms with Crippen LogP contribution in [0.4, 0.5) is 18.0 Å². The van der Waals surface area contributed by atoms with Crippen LogP contribution in [-0.4, -0.2) is 41.6 Å². The van der Waals surface area contributed by atoms with Crippen molar-refractivity contribution in [2.45, 2.75) is 32.5 Å². The zero-order valence-electron chi connectivity index (χ0n) is 9.80. The number of likely N-dealkylation sites (tertiary alicyclic amines) is 1. The molecule has 0 saturated carbocycles. The number of carbonyl (C=O) groups excluding carboxylic acids is 2. The van der Waals surface area contributed by atoms with Crippen molar-refractivity contribution >= 4 is 11.9 Å². The van der Waals surface area contributed by atoms with E-state index in [0.717, 1.165) is 4.90 Å². The standard InChI is InChI=1S/C10H14F3NO3/c1-9(2,3)17-8(16)14-4-6(7(15)5-14)10(11,12)13/h6H,4-5H2,1-3H3. The van der Waals surface area contributed by atoms with Gasteiger partial charge in [-0.25, -0.2) is 4.79 Å². The number of nitrogens with zero attached hydrogens (tertiary/aromatic N) is 1. The number of carbonyl (C=O) groups is 2. The second kappa shape index (κ2) is 4.19. The zero-order chi connectivity index (χ0) is 13.4. The minimum Gasteiger partial charge on any atom is -0.444 e. The van der Waals surface area contributed by atoms with Gasteiger partial charge in [-0.15, -0.1) is 0 Å². The van der Waals surface area contributed by atoms with Gasteiger partial charge in [0.25, 0.3) is 0 Å². The summed E-state index contributed by atoms with van der Waals surface area (Å²) in [6, 6.07) is 0. The molecule has 1 saturated heterocycles. The van der Waals surface area contributed by atoms with E-state index in [1.807, 2.05) is 0 Å². The molecule has 1 fully saturated rings. The number of amides is 1. The molecule has 0 aromatic heterocycles. The van der Waals surface area contributed by atoms with Crippen molar-refractivity contribution in [3.63, 3.8) is 0 Å². The molecule has 1 atom stereocenters. The fourth-order valence-corrected chi connectivity index (χ4v) is 1.44. The second-order valence-corrected chi connectivity index (χ2v) is 4.92. The Kier molecular flexibility index (Phi) is 3.40. The number of alkyl halides is 3. The Bertz CT molecular complexity index is 333. The highest BCUT2D eigenvalue weighted by molar-refractivity contribution is 5.90. The Morgan fingerprint density at radius 2 is 1.88 bits per heavy atom. The highest BCUT2D eigenvalue weighted by Crippen LogP contribution is 2.31. The Balaban J connectivity index is 2.67. The highest BCUT2D eigenvalue weighted by Gasteiger charge is 2.50. The Labute approximate surface area is 96.7 Å². The van der Waals surface area contributed by atoms with Gasteiger partial charge in [-0.05, 0) is 20.8 Å². The van der Waals surface area contributed by atoms with Crippen LogP contribution in [0.5, 0.6) is 0 Å². The molecule has 1 aliphatic rings. The summed E-state index contributed by atoms with van der Waals surface area (Å²) in [6.45, 7) is 3.61. The smallest absolute Gasteiger partial charge is 0.410 e. The fourth-order valence-electron chi connectivity index (χ4n) is 1.44. The Morgan fingerprint density at radius 1 is 1.35 bits per heavy atom. The van der Waals surface area contributed by atoms with E-state index >= 15 is 0 Å². The van der Waals surface area contributed by atoms with Gasteiger partial charge >= 0.3 is 12.3 Å². The first-order valence-electron chi connectivity index (χ1n) is 5.08. The number of hydrogen-bond acceptors (Lipinski definition) is 3. The predicted molar refractivity (Wildman–Crippen MR) is 52.4 cm³/mol. The zero-order valence-corrected chi connectivity index (χ0v) is 9.80. The van der Waals surface area contributed by atoms with Crippen molar-refractivity contribution < 1.29 is 27.5 Å². The summed E-state index contributed by atoms with van der Waals surface area (Å²) in [6.07, 6.45) is -5.49. The molecule has 1 rings (SSSR count). The average Bonchev–Trinajstić information content (AvgIpc) is 2.42. The summed E-state index contributed by atoms with van der Waals surface area (Å²) >= 11 is 0. The van der Waals surface area contributed by atoms with Crippen molar-refractivity contribution in [2.24, 2.45) is 5.92 Å². The summed E-state index contributed by atoms with van der Waals surface area (Å²) in [7, 11) is 0. The molecule has 17 heavy (non-hydrogen) atoms. The third-order valence-electron chi connectivity index (χ3n) is 2.19. The lowest BCUT2D eigenvalue weighted by Gasteiger charge is -2.24. The number of halogens is 3. The first-order chi connectivity index (χ1) is 7.50. The topological polar surface area (TPSA) is 46.6 Å². The summed E-state index contributed by atoms with van der Waals surface area (Å²) in [5, 5.41) is 0. The van der Waals surface area contributed by atoms with Crippen LogP contribution in [0, 0.1) is 5.92 Å². The van der Waals surface area contributed by atoms with Crippen LogP contribution in [0.3, 0.4) is 0 Å². The monoisotopic (exact) mass is 253 g/mol. The third-order valence-corrected chi connectivity index (χ3v) is 2.19. The van der Waals surface area contributed by atoms with Crippen molar-refractivity contribution in [3.8, 4) is 0 Å². The van der Waals surface area contributed by atoms with Gasteiger partial charge in [0.15, 0.2) is 5.78 Å². The Morgan fingerprint density at radius 3 is 2.24 bits per heavy atom. The molecular weight excluding hydrogens is 239 g/mol. The summed E-state index contributed by atoms with van der Waals surface area (Å²) in [5.41, 5.74) is -0.795. The highest BCUT2D eigenvalue weighted by atomic mass is 19.4. The lowest BCUT2D eigenvalue weighted by Crippen LogP contribution is -2.36. The molecule has 0 aromatic rings. The number of hydrogen-bond donors (Lipinski definition) is 0. The van der Waals surface area contributed by atoms with Crippen molar-refractivity contribution in [2.75, 3.05) is 13.1 Å². The van der Waals surface area contributed by atoms with Gasteiger partial charge in [-0.3, -0.25) is 9.69 Å². The van der Waals surface area contributed by atoms with Crippen LogP contribution in [0.25, 0.3) is 0 Å². The molecule has 7 heteroatoms. The lowest BCUT2D eigenvalue weighted by molar-refractivity contribution is -0.175. The van der Waals surface area contributed by atoms with E-state index in [4.69, 9.17) is 4.74 Å². The largest absolute Gasteiger partial charge is 0.444 e. The van der Waals surface area contributed by atoms with Crippen LogP contribution in [0.15, 0.2) is 0 Å². The van der Waals surface area contributed by atoms with E-state index in [0.29, 0.717) is 0 Å². The maximum atomic E-state index is 12.4. The summed E-state index contributed by atoms with van der Waals surface area (Å²) in [5.74, 6) is -3.08. The number of ketones is 1. The normalized spacial score (nSPS) is 21.9. The van der Waals surface area contributed by atoms with Crippen LogP contribution < -0.4 is 0 Å². The predicted octanol–water partition coefficient (Wildman–Crippen LogP) is 1.98. The van der Waals surface area contributed by atoms with E-state index in [9.17, 15) is 22.8 Å². The first kappa shape index (κ1) is 13.8. The van der Waals surface area contributed by atoms with Crippen LogP contribution >= 0.6 is 0 Å². The molecule has 0 N–H and O–H groups in total. The van der Waals surface area contributed by atoms with Gasteiger partial charge in [0.1, 0.15) is 11.5 Å². The number of rotatable bonds is 0. The van der Waals surface area contributed by atoms with Crippen molar-refractivity contribution in [1.82, 2.24) is 4.90 Å². The van der Waals surface area contributed by atoms with Crippen molar-refractivity contribution in [3.05, 3.63) is 0 Å². The molecule has 4 nitrogen and oxygen atoms in total. The van der Waals surface area contributed by atoms with Gasteiger partial charge < -0.3 is 4.74 Å². The fraction of sp³-hybridized carbons (Fsp3) is 0.800. The van der Waals surface area contributed by atoms with Crippen molar-refractivity contribution in [1.29, 1.82) is 0 Å². The van der Waals surface area contributed by atoms with Gasteiger partial charge in [0.05, 0.1) is 6.54 Å². The minimum absolute atomic E-state index is 0.543. The summed E-state index contributed by atoms with van der Waals surface area (Å²) < 4.78 is 42.1. The molecule has 1 amide bonds. The molecule has 0 aromatic carbocycles. The van der Waals surface area contributed by atoms with E-state index in [1.54, 1.807) is 20.8 Å². The van der Waals surface area contributed by atoms with Crippen LogP contribution in [0.1, 0.15) is 20.8 Å². The van der Waals surface area contributed by atoms with Gasteiger partial charge in [0.2, 0.25) is 0 Å².